The first-order valence-electron chi connectivity index (χ1n) is 6.26. The van der Waals surface area contributed by atoms with Crippen molar-refractivity contribution >= 4 is 5.91 Å². The lowest BCUT2D eigenvalue weighted by Gasteiger charge is -2.33. The van der Waals surface area contributed by atoms with Crippen LogP contribution in [0.25, 0.3) is 0 Å². The van der Waals surface area contributed by atoms with E-state index in [0.29, 0.717) is 6.54 Å². The van der Waals surface area contributed by atoms with E-state index in [2.05, 4.69) is 6.92 Å². The lowest BCUT2D eigenvalue weighted by Crippen LogP contribution is -2.49. The second kappa shape index (κ2) is 6.86. The van der Waals surface area contributed by atoms with Gasteiger partial charge in [-0.05, 0) is 19.3 Å². The third-order valence-electron chi connectivity index (χ3n) is 3.21. The van der Waals surface area contributed by atoms with Crippen molar-refractivity contribution in [2.75, 3.05) is 20.2 Å². The van der Waals surface area contributed by atoms with Crippen LogP contribution in [0.1, 0.15) is 39.0 Å². The molecule has 1 rings (SSSR count). The Morgan fingerprint density at radius 3 is 3.00 bits per heavy atom. The van der Waals surface area contributed by atoms with Crippen molar-refractivity contribution in [2.24, 2.45) is 5.73 Å². The van der Waals surface area contributed by atoms with Gasteiger partial charge in [0.15, 0.2) is 0 Å². The summed E-state index contributed by atoms with van der Waals surface area (Å²) in [6.07, 6.45) is 5.16. The summed E-state index contributed by atoms with van der Waals surface area (Å²) < 4.78 is 5.30. The summed E-state index contributed by atoms with van der Waals surface area (Å²) in [7, 11) is 1.70. The zero-order valence-electron chi connectivity index (χ0n) is 10.4. The van der Waals surface area contributed by atoms with Gasteiger partial charge in [0.25, 0.3) is 0 Å². The van der Waals surface area contributed by atoms with Gasteiger partial charge in [-0.1, -0.05) is 19.8 Å². The summed E-state index contributed by atoms with van der Waals surface area (Å²) in [5.74, 6) is 0.0928. The molecule has 0 aromatic rings. The topological polar surface area (TPSA) is 55.6 Å². The number of piperidine rings is 1. The number of hydrogen-bond donors (Lipinski definition) is 1. The zero-order chi connectivity index (χ0) is 12.0. The maximum atomic E-state index is 12.0. The lowest BCUT2D eigenvalue weighted by molar-refractivity contribution is -0.136. The minimum atomic E-state index is -0.324. The number of amides is 1. The molecule has 4 heteroatoms. The number of unbranched alkanes of at least 4 members (excludes halogenated alkanes) is 1. The van der Waals surface area contributed by atoms with Gasteiger partial charge in [-0.2, -0.15) is 0 Å². The van der Waals surface area contributed by atoms with Crippen molar-refractivity contribution in [1.82, 2.24) is 4.90 Å². The number of carbonyl (C=O) groups is 1. The number of carbonyl (C=O) groups excluding carboxylic acids is 1. The molecule has 2 N–H and O–H groups in total. The maximum Gasteiger partial charge on any atom is 0.239 e. The monoisotopic (exact) mass is 228 g/mol. The first-order valence-corrected chi connectivity index (χ1v) is 6.26. The van der Waals surface area contributed by atoms with E-state index in [-0.39, 0.29) is 18.1 Å². The fourth-order valence-corrected chi connectivity index (χ4v) is 2.11. The van der Waals surface area contributed by atoms with Crippen molar-refractivity contribution in [1.29, 1.82) is 0 Å². The molecule has 1 aliphatic rings. The predicted octanol–water partition coefficient (Wildman–Crippen LogP) is 1.14. The molecule has 0 bridgehead atoms. The van der Waals surface area contributed by atoms with Gasteiger partial charge in [-0.15, -0.1) is 0 Å². The summed E-state index contributed by atoms with van der Waals surface area (Å²) in [6.45, 7) is 3.65. The molecule has 1 saturated heterocycles. The van der Waals surface area contributed by atoms with Crippen LogP contribution in [0.4, 0.5) is 0 Å². The smallest absolute Gasteiger partial charge is 0.239 e. The average Bonchev–Trinajstić information content (AvgIpc) is 2.35. The van der Waals surface area contributed by atoms with Crippen molar-refractivity contribution in [2.45, 2.75) is 51.2 Å². The fraction of sp³-hybridized carbons (Fsp3) is 0.917. The SMILES string of the molecule is CCCC[C@@H](N)C(=O)N1CCC[C@@H](OC)C1. The molecule has 1 heterocycles. The Morgan fingerprint density at radius 1 is 1.62 bits per heavy atom. The highest BCUT2D eigenvalue weighted by molar-refractivity contribution is 5.81. The molecule has 0 aromatic carbocycles. The van der Waals surface area contributed by atoms with Crippen LogP contribution in [0.3, 0.4) is 0 Å². The standard InChI is InChI=1S/C12H24N2O2/c1-3-4-7-11(13)12(15)14-8-5-6-10(9-14)16-2/h10-11H,3-9,13H2,1-2H3/t10-,11-/m1/s1. The third-order valence-corrected chi connectivity index (χ3v) is 3.21. The Morgan fingerprint density at radius 2 is 2.38 bits per heavy atom. The molecule has 0 aromatic heterocycles. The minimum absolute atomic E-state index is 0.0928. The number of nitrogens with two attached hydrogens (primary N) is 1. The van der Waals surface area contributed by atoms with Crippen molar-refractivity contribution in [3.63, 3.8) is 0 Å². The van der Waals surface area contributed by atoms with E-state index in [9.17, 15) is 4.79 Å². The van der Waals surface area contributed by atoms with E-state index in [1.165, 1.54) is 0 Å². The number of methoxy groups -OCH3 is 1. The Bertz CT molecular complexity index is 221. The van der Waals surface area contributed by atoms with Crippen LogP contribution in [0.5, 0.6) is 0 Å². The summed E-state index contributed by atoms with van der Waals surface area (Å²) >= 11 is 0. The highest BCUT2D eigenvalue weighted by atomic mass is 16.5. The summed E-state index contributed by atoms with van der Waals surface area (Å²) in [5.41, 5.74) is 5.89. The normalized spacial score (nSPS) is 23.2. The van der Waals surface area contributed by atoms with Crippen LogP contribution in [0.2, 0.25) is 0 Å². The first-order chi connectivity index (χ1) is 7.69. The largest absolute Gasteiger partial charge is 0.380 e. The van der Waals surface area contributed by atoms with E-state index in [4.69, 9.17) is 10.5 Å². The zero-order valence-corrected chi connectivity index (χ0v) is 10.4. The van der Waals surface area contributed by atoms with Crippen LogP contribution in [-0.4, -0.2) is 43.2 Å². The Balaban J connectivity index is 2.40. The molecule has 0 spiro atoms. The quantitative estimate of drug-likeness (QED) is 0.767. The Labute approximate surface area is 98.1 Å². The molecule has 16 heavy (non-hydrogen) atoms. The Kier molecular flexibility index (Phi) is 5.77. The van der Waals surface area contributed by atoms with Crippen LogP contribution in [-0.2, 0) is 9.53 Å². The van der Waals surface area contributed by atoms with E-state index >= 15 is 0 Å². The van der Waals surface area contributed by atoms with Crippen LogP contribution in [0.15, 0.2) is 0 Å². The van der Waals surface area contributed by atoms with Gasteiger partial charge in [-0.25, -0.2) is 0 Å². The third kappa shape index (κ3) is 3.76. The van der Waals surface area contributed by atoms with Crippen LogP contribution in [0, 0.1) is 0 Å². The van der Waals surface area contributed by atoms with Gasteiger partial charge in [-0.3, -0.25) is 4.79 Å². The second-order valence-corrected chi connectivity index (χ2v) is 4.53. The van der Waals surface area contributed by atoms with Crippen molar-refractivity contribution < 1.29 is 9.53 Å². The van der Waals surface area contributed by atoms with Crippen LogP contribution < -0.4 is 5.73 Å². The molecule has 0 saturated carbocycles. The van der Waals surface area contributed by atoms with Gasteiger partial charge >= 0.3 is 0 Å². The van der Waals surface area contributed by atoms with Gasteiger partial charge in [0.1, 0.15) is 0 Å². The van der Waals surface area contributed by atoms with E-state index in [0.717, 1.165) is 38.6 Å². The highest BCUT2D eigenvalue weighted by Crippen LogP contribution is 2.14. The van der Waals surface area contributed by atoms with Gasteiger partial charge in [0.2, 0.25) is 5.91 Å². The maximum absolute atomic E-state index is 12.0. The molecule has 0 aliphatic carbocycles. The fourth-order valence-electron chi connectivity index (χ4n) is 2.11. The Hall–Kier alpha value is -0.610. The van der Waals surface area contributed by atoms with Crippen molar-refractivity contribution in [3.05, 3.63) is 0 Å². The average molecular weight is 228 g/mol. The number of hydrogen-bond acceptors (Lipinski definition) is 3. The summed E-state index contributed by atoms with van der Waals surface area (Å²) in [4.78, 5) is 13.9. The molecule has 1 amide bonds. The van der Waals surface area contributed by atoms with E-state index in [1.807, 2.05) is 4.90 Å². The number of likely N-dealkylation sites (tertiary alicyclic amines) is 1. The number of rotatable bonds is 5. The molecule has 4 nitrogen and oxygen atoms in total. The molecule has 0 radical (unpaired) electrons. The summed E-state index contributed by atoms with van der Waals surface area (Å²) in [5, 5.41) is 0. The van der Waals surface area contributed by atoms with Gasteiger partial charge in [0.05, 0.1) is 12.1 Å². The summed E-state index contributed by atoms with van der Waals surface area (Å²) in [6, 6.07) is -0.324. The number of ether oxygens (including phenoxy) is 1. The molecule has 94 valence electrons. The van der Waals surface area contributed by atoms with Gasteiger partial charge in [0, 0.05) is 20.2 Å². The molecular weight excluding hydrogens is 204 g/mol. The number of nitrogens with zero attached hydrogens (tertiary/aromatic N) is 1. The van der Waals surface area contributed by atoms with E-state index in [1.54, 1.807) is 7.11 Å². The molecule has 1 aliphatic heterocycles. The van der Waals surface area contributed by atoms with Crippen molar-refractivity contribution in [3.8, 4) is 0 Å². The highest BCUT2D eigenvalue weighted by Gasteiger charge is 2.26. The lowest BCUT2D eigenvalue weighted by atomic mass is 10.0. The predicted molar refractivity (Wildman–Crippen MR) is 64.1 cm³/mol. The first kappa shape index (κ1) is 13.5. The molecular formula is C12H24N2O2. The molecule has 0 unspecified atom stereocenters. The minimum Gasteiger partial charge on any atom is -0.380 e. The molecule has 1 fully saturated rings. The van der Waals surface area contributed by atoms with Gasteiger partial charge < -0.3 is 15.4 Å². The second-order valence-electron chi connectivity index (χ2n) is 4.53. The molecule has 2 atom stereocenters. The van der Waals surface area contributed by atoms with Crippen LogP contribution >= 0.6 is 0 Å². The van der Waals surface area contributed by atoms with E-state index < -0.39 is 0 Å².